The molecular weight excluding hydrogens is 387 g/mol. The summed E-state index contributed by atoms with van der Waals surface area (Å²) in [6, 6.07) is 7.63. The highest BCUT2D eigenvalue weighted by Crippen LogP contribution is 2.20. The van der Waals surface area contributed by atoms with Gasteiger partial charge in [0.25, 0.3) is 0 Å². The molecule has 1 amide bonds. The number of aryl methyl sites for hydroxylation is 1. The number of thiophene rings is 1. The largest absolute Gasteiger partial charge is 0.332 e. The van der Waals surface area contributed by atoms with Gasteiger partial charge in [-0.3, -0.25) is 4.79 Å². The van der Waals surface area contributed by atoms with Crippen molar-refractivity contribution in [3.8, 4) is 0 Å². The van der Waals surface area contributed by atoms with Gasteiger partial charge in [-0.15, -0.1) is 11.3 Å². The monoisotopic (exact) mass is 412 g/mol. The molecule has 1 aromatic carbocycles. The molecular formula is C19H25FN2O3S2. The van der Waals surface area contributed by atoms with E-state index in [1.165, 1.54) is 16.4 Å². The van der Waals surface area contributed by atoms with Gasteiger partial charge >= 0.3 is 0 Å². The third kappa shape index (κ3) is 6.12. The zero-order valence-electron chi connectivity index (χ0n) is 16.0. The van der Waals surface area contributed by atoms with Crippen molar-refractivity contribution in [2.45, 2.75) is 39.9 Å². The van der Waals surface area contributed by atoms with Crippen LogP contribution in [0.4, 0.5) is 4.39 Å². The molecule has 0 saturated carbocycles. The Morgan fingerprint density at radius 1 is 1.15 bits per heavy atom. The van der Waals surface area contributed by atoms with Gasteiger partial charge in [-0.1, -0.05) is 12.1 Å². The van der Waals surface area contributed by atoms with Crippen molar-refractivity contribution in [2.75, 3.05) is 12.8 Å². The maximum absolute atomic E-state index is 13.2. The standard InChI is InChI=1S/C19H25FN2O3S2/c1-14(2)22(27(4,24)25)13-19(23)21(12-18-15(3)9-10-26-18)11-16-5-7-17(20)8-6-16/h5-10,14H,11-13H2,1-4H3. The minimum atomic E-state index is -3.50. The topological polar surface area (TPSA) is 57.7 Å². The van der Waals surface area contributed by atoms with Crippen molar-refractivity contribution < 1.29 is 17.6 Å². The van der Waals surface area contributed by atoms with E-state index in [4.69, 9.17) is 0 Å². The summed E-state index contributed by atoms with van der Waals surface area (Å²) in [5, 5.41) is 1.96. The summed E-state index contributed by atoms with van der Waals surface area (Å²) in [7, 11) is -3.50. The molecule has 0 bridgehead atoms. The Balaban J connectivity index is 2.25. The van der Waals surface area contributed by atoms with E-state index in [0.29, 0.717) is 6.54 Å². The molecule has 0 aliphatic heterocycles. The molecule has 0 aliphatic carbocycles. The molecule has 148 valence electrons. The third-order valence-corrected chi connectivity index (χ3v) is 6.65. The number of sulfonamides is 1. The molecule has 5 nitrogen and oxygen atoms in total. The third-order valence-electron chi connectivity index (χ3n) is 4.24. The zero-order chi connectivity index (χ0) is 20.2. The van der Waals surface area contributed by atoms with Gasteiger partial charge in [0.05, 0.1) is 19.3 Å². The van der Waals surface area contributed by atoms with E-state index in [-0.39, 0.29) is 30.9 Å². The average Bonchev–Trinajstić information content (AvgIpc) is 2.97. The van der Waals surface area contributed by atoms with E-state index < -0.39 is 10.0 Å². The van der Waals surface area contributed by atoms with Gasteiger partial charge in [-0.25, -0.2) is 12.8 Å². The summed E-state index contributed by atoms with van der Waals surface area (Å²) in [4.78, 5) is 15.6. The van der Waals surface area contributed by atoms with Gasteiger partial charge in [0, 0.05) is 17.5 Å². The first-order valence-corrected chi connectivity index (χ1v) is 11.3. The number of benzene rings is 1. The van der Waals surface area contributed by atoms with Crippen LogP contribution in [0.5, 0.6) is 0 Å². The van der Waals surface area contributed by atoms with Gasteiger partial charge in [0.2, 0.25) is 15.9 Å². The fraction of sp³-hybridized carbons (Fsp3) is 0.421. The molecule has 0 atom stereocenters. The van der Waals surface area contributed by atoms with E-state index in [1.807, 2.05) is 18.4 Å². The number of rotatable bonds is 8. The van der Waals surface area contributed by atoms with E-state index in [1.54, 1.807) is 42.2 Å². The molecule has 2 aromatic rings. The summed E-state index contributed by atoms with van der Waals surface area (Å²) >= 11 is 1.55. The second kappa shape index (κ2) is 8.95. The summed E-state index contributed by atoms with van der Waals surface area (Å²) in [6.07, 6.45) is 1.11. The van der Waals surface area contributed by atoms with E-state index in [2.05, 4.69) is 0 Å². The summed E-state index contributed by atoms with van der Waals surface area (Å²) in [5.74, 6) is -0.625. The number of carbonyl (C=O) groups is 1. The van der Waals surface area contributed by atoms with Gasteiger partial charge in [-0.05, 0) is 55.5 Å². The van der Waals surface area contributed by atoms with E-state index in [0.717, 1.165) is 22.3 Å². The molecule has 1 heterocycles. The van der Waals surface area contributed by atoms with E-state index >= 15 is 0 Å². The molecule has 1 aromatic heterocycles. The lowest BCUT2D eigenvalue weighted by Crippen LogP contribution is -2.45. The highest BCUT2D eigenvalue weighted by molar-refractivity contribution is 7.88. The molecule has 0 N–H and O–H groups in total. The fourth-order valence-electron chi connectivity index (χ4n) is 2.70. The molecule has 0 aliphatic rings. The number of nitrogens with zero attached hydrogens (tertiary/aromatic N) is 2. The molecule has 27 heavy (non-hydrogen) atoms. The second-order valence-electron chi connectivity index (χ2n) is 6.81. The van der Waals surface area contributed by atoms with Gasteiger partial charge < -0.3 is 4.90 Å². The summed E-state index contributed by atoms with van der Waals surface area (Å²) in [6.45, 7) is 5.90. The minimum Gasteiger partial charge on any atom is -0.332 e. The Hall–Kier alpha value is -1.77. The SMILES string of the molecule is Cc1ccsc1CN(Cc1ccc(F)cc1)C(=O)CN(C(C)C)S(C)(=O)=O. The van der Waals surface area contributed by atoms with Crippen molar-refractivity contribution >= 4 is 27.3 Å². The predicted octanol–water partition coefficient (Wildman–Crippen LogP) is 3.39. The van der Waals surface area contributed by atoms with Crippen LogP contribution in [0.2, 0.25) is 0 Å². The lowest BCUT2D eigenvalue weighted by atomic mass is 10.2. The Labute approximate surface area is 164 Å². The zero-order valence-corrected chi connectivity index (χ0v) is 17.6. The maximum atomic E-state index is 13.2. The Kier molecular flexibility index (Phi) is 7.13. The Morgan fingerprint density at radius 3 is 2.26 bits per heavy atom. The van der Waals surface area contributed by atoms with Crippen molar-refractivity contribution in [3.63, 3.8) is 0 Å². The fourth-order valence-corrected chi connectivity index (χ4v) is 4.73. The van der Waals surface area contributed by atoms with Crippen molar-refractivity contribution in [1.82, 2.24) is 9.21 Å². The van der Waals surface area contributed by atoms with Gasteiger partial charge in [0.15, 0.2) is 0 Å². The van der Waals surface area contributed by atoms with Crippen molar-refractivity contribution in [1.29, 1.82) is 0 Å². The lowest BCUT2D eigenvalue weighted by molar-refractivity contribution is -0.132. The smallest absolute Gasteiger partial charge is 0.238 e. The van der Waals surface area contributed by atoms with Crippen molar-refractivity contribution in [3.05, 3.63) is 57.5 Å². The highest BCUT2D eigenvalue weighted by Gasteiger charge is 2.26. The first-order valence-electron chi connectivity index (χ1n) is 8.60. The van der Waals surface area contributed by atoms with Crippen LogP contribution >= 0.6 is 11.3 Å². The number of hydrogen-bond acceptors (Lipinski definition) is 4. The molecule has 0 fully saturated rings. The van der Waals surface area contributed by atoms with Crippen LogP contribution in [0.15, 0.2) is 35.7 Å². The number of halogens is 1. The molecule has 2 rings (SSSR count). The lowest BCUT2D eigenvalue weighted by Gasteiger charge is -2.28. The normalized spacial score (nSPS) is 12.0. The van der Waals surface area contributed by atoms with Crippen LogP contribution in [0.1, 0.15) is 29.9 Å². The molecule has 8 heteroatoms. The van der Waals surface area contributed by atoms with Crippen LogP contribution in [0, 0.1) is 12.7 Å². The van der Waals surface area contributed by atoms with E-state index in [9.17, 15) is 17.6 Å². The molecule has 0 spiro atoms. The summed E-state index contributed by atoms with van der Waals surface area (Å²) < 4.78 is 38.4. The number of hydrogen-bond donors (Lipinski definition) is 0. The van der Waals surface area contributed by atoms with Crippen LogP contribution in [-0.2, 0) is 27.9 Å². The Bertz CT molecular complexity index is 877. The average molecular weight is 413 g/mol. The first-order chi connectivity index (χ1) is 12.6. The number of amides is 1. The Morgan fingerprint density at radius 2 is 1.78 bits per heavy atom. The highest BCUT2D eigenvalue weighted by atomic mass is 32.2. The van der Waals surface area contributed by atoms with Crippen LogP contribution < -0.4 is 0 Å². The van der Waals surface area contributed by atoms with Gasteiger partial charge in [-0.2, -0.15) is 4.31 Å². The van der Waals surface area contributed by atoms with Gasteiger partial charge in [0.1, 0.15) is 5.82 Å². The molecule has 0 radical (unpaired) electrons. The van der Waals surface area contributed by atoms with Crippen LogP contribution in [0.25, 0.3) is 0 Å². The second-order valence-corrected chi connectivity index (χ2v) is 9.74. The summed E-state index contributed by atoms with van der Waals surface area (Å²) in [5.41, 5.74) is 1.87. The van der Waals surface area contributed by atoms with Crippen molar-refractivity contribution in [2.24, 2.45) is 0 Å². The molecule has 0 unspecified atom stereocenters. The first kappa shape index (κ1) is 21.5. The quantitative estimate of drug-likeness (QED) is 0.668. The predicted molar refractivity (Wildman–Crippen MR) is 106 cm³/mol. The van der Waals surface area contributed by atoms with Crippen LogP contribution in [-0.4, -0.2) is 42.4 Å². The number of carbonyl (C=O) groups excluding carboxylic acids is 1. The molecule has 0 saturated heterocycles. The van der Waals surface area contributed by atoms with Crippen LogP contribution in [0.3, 0.4) is 0 Å². The maximum Gasteiger partial charge on any atom is 0.238 e. The minimum absolute atomic E-state index is 0.220.